The predicted molar refractivity (Wildman–Crippen MR) is 84.5 cm³/mol. The summed E-state index contributed by atoms with van der Waals surface area (Å²) in [5.41, 5.74) is -0.642. The lowest BCUT2D eigenvalue weighted by atomic mass is 9.88. The third-order valence-corrected chi connectivity index (χ3v) is 4.75. The van der Waals surface area contributed by atoms with Gasteiger partial charge in [0.1, 0.15) is 0 Å². The molecule has 0 saturated carbocycles. The number of rotatable bonds is 8. The summed E-state index contributed by atoms with van der Waals surface area (Å²) in [5.74, 6) is -46.9. The van der Waals surface area contributed by atoms with Crippen LogP contribution in [0.5, 0.6) is 0 Å². The summed E-state index contributed by atoms with van der Waals surface area (Å²) in [6.07, 6.45) is -13.2. The minimum atomic E-state index is -8.33. The zero-order chi connectivity index (χ0) is 25.8. The fourth-order valence-electron chi connectivity index (χ4n) is 2.20. The summed E-state index contributed by atoms with van der Waals surface area (Å²) in [6.45, 7) is 0. The SMILES string of the molecule is OC(CC(F)(F)C(F)(F)C(F)(F)C(F)(F)C(F)(F)C(F)(F)C(F)(F)F)c1cccc(I)c1. The van der Waals surface area contributed by atoms with Crippen molar-refractivity contribution >= 4 is 22.6 Å². The first kappa shape index (κ1) is 28.9. The summed E-state index contributed by atoms with van der Waals surface area (Å²) < 4.78 is 197. The number of alkyl halides is 15. The average molecular weight is 616 g/mol. The number of benzene rings is 1. The minimum absolute atomic E-state index is 0.181. The van der Waals surface area contributed by atoms with Gasteiger partial charge < -0.3 is 5.11 Å². The molecule has 0 aliphatic heterocycles. The van der Waals surface area contributed by atoms with Crippen molar-refractivity contribution in [3.8, 4) is 0 Å². The Morgan fingerprint density at radius 2 is 1.06 bits per heavy atom. The predicted octanol–water partition coefficient (Wildman–Crippen LogP) is 7.09. The fourth-order valence-corrected chi connectivity index (χ4v) is 2.77. The van der Waals surface area contributed by atoms with Gasteiger partial charge in [-0.1, -0.05) is 12.1 Å². The number of aliphatic hydroxyl groups is 1. The molecule has 0 aliphatic carbocycles. The van der Waals surface area contributed by atoms with Crippen molar-refractivity contribution in [2.24, 2.45) is 0 Å². The first-order valence-corrected chi connectivity index (χ1v) is 8.73. The van der Waals surface area contributed by atoms with Gasteiger partial charge in [0.25, 0.3) is 0 Å². The van der Waals surface area contributed by atoms with Crippen LogP contribution in [-0.2, 0) is 0 Å². The van der Waals surface area contributed by atoms with Gasteiger partial charge in [0.15, 0.2) is 0 Å². The molecule has 0 saturated heterocycles. The van der Waals surface area contributed by atoms with Gasteiger partial charge in [-0.3, -0.25) is 0 Å². The van der Waals surface area contributed by atoms with Crippen LogP contribution in [0.15, 0.2) is 24.3 Å². The number of halogens is 16. The zero-order valence-corrected chi connectivity index (χ0v) is 16.7. The standard InChI is InChI=1S/C15H8F15IO/c16-9(17,5-8(32)6-2-1-3-7(31)4-6)10(18,19)11(20,21)12(22,23)13(24,25)14(26,27)15(28,29)30/h1-4,8,32H,5H2. The van der Waals surface area contributed by atoms with Crippen LogP contribution >= 0.6 is 22.6 Å². The van der Waals surface area contributed by atoms with E-state index in [1.54, 1.807) is 0 Å². The topological polar surface area (TPSA) is 20.2 Å². The Balaban J connectivity index is 3.45. The summed E-state index contributed by atoms with van der Waals surface area (Å²) in [7, 11) is 0. The molecule has 1 atom stereocenters. The van der Waals surface area contributed by atoms with E-state index in [1.165, 1.54) is 28.7 Å². The smallest absolute Gasteiger partial charge is 0.388 e. The van der Waals surface area contributed by atoms with Crippen molar-refractivity contribution in [1.29, 1.82) is 0 Å². The van der Waals surface area contributed by atoms with Gasteiger partial charge in [0.2, 0.25) is 0 Å². The van der Waals surface area contributed by atoms with Crippen LogP contribution in [0.4, 0.5) is 65.9 Å². The Bertz CT molecular complexity index is 817. The molecule has 0 heterocycles. The van der Waals surface area contributed by atoms with Crippen molar-refractivity contribution in [1.82, 2.24) is 0 Å². The molecular weight excluding hydrogens is 608 g/mol. The molecule has 0 aliphatic rings. The highest BCUT2D eigenvalue weighted by Gasteiger charge is 2.93. The number of hydrogen-bond donors (Lipinski definition) is 1. The van der Waals surface area contributed by atoms with E-state index >= 15 is 0 Å². The van der Waals surface area contributed by atoms with E-state index in [4.69, 9.17) is 0 Å². The molecule has 1 aromatic rings. The third-order valence-electron chi connectivity index (χ3n) is 4.08. The molecular formula is C15H8F15IO. The Labute approximate surface area is 181 Å². The van der Waals surface area contributed by atoms with Crippen LogP contribution in [0, 0.1) is 3.57 Å². The molecule has 1 unspecified atom stereocenters. The Morgan fingerprint density at radius 1 is 0.656 bits per heavy atom. The lowest BCUT2D eigenvalue weighted by Crippen LogP contribution is -2.72. The molecule has 1 rings (SSSR count). The van der Waals surface area contributed by atoms with E-state index in [1.807, 2.05) is 0 Å². The number of aliphatic hydroxyl groups excluding tert-OH is 1. The quantitative estimate of drug-likeness (QED) is 0.245. The van der Waals surface area contributed by atoms with Gasteiger partial charge in [-0.05, 0) is 40.3 Å². The molecule has 0 radical (unpaired) electrons. The molecule has 0 amide bonds. The van der Waals surface area contributed by atoms with Crippen LogP contribution in [-0.4, -0.2) is 46.8 Å². The van der Waals surface area contributed by atoms with E-state index in [9.17, 15) is 71.0 Å². The highest BCUT2D eigenvalue weighted by molar-refractivity contribution is 14.1. The van der Waals surface area contributed by atoms with Crippen molar-refractivity contribution in [2.45, 2.75) is 54.2 Å². The highest BCUT2D eigenvalue weighted by atomic mass is 127. The maximum absolute atomic E-state index is 13.8. The molecule has 0 spiro atoms. The zero-order valence-electron chi connectivity index (χ0n) is 14.6. The van der Waals surface area contributed by atoms with E-state index in [2.05, 4.69) is 0 Å². The van der Waals surface area contributed by atoms with E-state index in [0.29, 0.717) is 0 Å². The molecule has 1 N–H and O–H groups in total. The van der Waals surface area contributed by atoms with Gasteiger partial charge in [0, 0.05) is 9.99 Å². The maximum atomic E-state index is 13.8. The lowest BCUT2D eigenvalue weighted by molar-refractivity contribution is -0.453. The molecule has 186 valence electrons. The third kappa shape index (κ3) is 4.34. The van der Waals surface area contributed by atoms with Gasteiger partial charge in [0.05, 0.1) is 6.10 Å². The van der Waals surface area contributed by atoms with E-state index in [0.717, 1.165) is 18.2 Å². The first-order chi connectivity index (χ1) is 13.9. The first-order valence-electron chi connectivity index (χ1n) is 7.65. The second-order valence-corrected chi connectivity index (χ2v) is 7.59. The molecule has 0 aromatic heterocycles. The molecule has 1 nitrogen and oxygen atoms in total. The molecule has 0 bridgehead atoms. The summed E-state index contributed by atoms with van der Waals surface area (Å²) in [4.78, 5) is 0. The fraction of sp³-hybridized carbons (Fsp3) is 0.600. The molecule has 32 heavy (non-hydrogen) atoms. The average Bonchev–Trinajstić information content (AvgIpc) is 2.59. The molecule has 1 aromatic carbocycles. The van der Waals surface area contributed by atoms with Crippen molar-refractivity contribution in [3.63, 3.8) is 0 Å². The second kappa shape index (κ2) is 8.26. The van der Waals surface area contributed by atoms with Crippen LogP contribution < -0.4 is 0 Å². The summed E-state index contributed by atoms with van der Waals surface area (Å²) >= 11 is 1.53. The summed E-state index contributed by atoms with van der Waals surface area (Å²) in [5, 5.41) is 9.54. The van der Waals surface area contributed by atoms with Crippen LogP contribution in [0.1, 0.15) is 18.1 Å². The monoisotopic (exact) mass is 616 g/mol. The van der Waals surface area contributed by atoms with Crippen LogP contribution in [0.25, 0.3) is 0 Å². The van der Waals surface area contributed by atoms with Gasteiger partial charge in [-0.15, -0.1) is 0 Å². The van der Waals surface area contributed by atoms with Crippen LogP contribution in [0.3, 0.4) is 0 Å². The number of hydrogen-bond acceptors (Lipinski definition) is 1. The van der Waals surface area contributed by atoms with Crippen molar-refractivity contribution in [3.05, 3.63) is 33.4 Å². The molecule has 0 fully saturated rings. The van der Waals surface area contributed by atoms with Gasteiger partial charge in [-0.2, -0.15) is 65.9 Å². The largest absolute Gasteiger partial charge is 0.460 e. The highest BCUT2D eigenvalue weighted by Crippen LogP contribution is 2.63. The maximum Gasteiger partial charge on any atom is 0.460 e. The second-order valence-electron chi connectivity index (χ2n) is 6.35. The summed E-state index contributed by atoms with van der Waals surface area (Å²) in [6, 6.07) is 3.98. The minimum Gasteiger partial charge on any atom is -0.388 e. The Morgan fingerprint density at radius 3 is 1.47 bits per heavy atom. The van der Waals surface area contributed by atoms with Gasteiger partial charge in [-0.25, -0.2) is 0 Å². The molecule has 17 heteroatoms. The van der Waals surface area contributed by atoms with Crippen molar-refractivity contribution < 1.29 is 71.0 Å². The van der Waals surface area contributed by atoms with E-state index in [-0.39, 0.29) is 3.57 Å². The Kier molecular flexibility index (Phi) is 7.46. The lowest BCUT2D eigenvalue weighted by Gasteiger charge is -2.41. The Hall–Kier alpha value is -1.14. The normalized spacial score (nSPS) is 16.3. The van der Waals surface area contributed by atoms with Crippen LogP contribution in [0.2, 0.25) is 0 Å². The van der Waals surface area contributed by atoms with Crippen molar-refractivity contribution in [2.75, 3.05) is 0 Å². The van der Waals surface area contributed by atoms with Gasteiger partial charge >= 0.3 is 41.7 Å². The van der Waals surface area contributed by atoms with E-state index < -0.39 is 59.8 Å².